The molecule has 5 rings (SSSR count). The minimum absolute atomic E-state index is 0.0313. The van der Waals surface area contributed by atoms with E-state index in [9.17, 15) is 18.3 Å². The van der Waals surface area contributed by atoms with Gasteiger partial charge in [-0.25, -0.2) is 13.4 Å². The van der Waals surface area contributed by atoms with Gasteiger partial charge in [-0.05, 0) is 48.6 Å². The summed E-state index contributed by atoms with van der Waals surface area (Å²) in [6.45, 7) is 3.06. The number of hydrogen-bond donors (Lipinski definition) is 2. The molecule has 0 saturated carbocycles. The summed E-state index contributed by atoms with van der Waals surface area (Å²) < 4.78 is 62.5. The highest BCUT2D eigenvalue weighted by Crippen LogP contribution is 2.43. The van der Waals surface area contributed by atoms with Gasteiger partial charge in [0, 0.05) is 11.8 Å². The van der Waals surface area contributed by atoms with Gasteiger partial charge in [0.25, 0.3) is 5.91 Å². The van der Waals surface area contributed by atoms with Gasteiger partial charge in [-0.1, -0.05) is 60.7 Å². The molecule has 1 aliphatic rings. The van der Waals surface area contributed by atoms with E-state index in [2.05, 4.69) is 0 Å². The second-order valence-corrected chi connectivity index (χ2v) is 12.1. The molecule has 0 unspecified atom stereocenters. The van der Waals surface area contributed by atoms with Crippen molar-refractivity contribution in [1.29, 1.82) is 0 Å². The highest BCUT2D eigenvalue weighted by Gasteiger charge is 2.38. The Bertz CT molecular complexity index is 1690. The maximum absolute atomic E-state index is 16.4. The number of hydrogen-bond acceptors (Lipinski definition) is 7. The number of carbonyl (C=O) groups excluding carboxylic acids is 1. The predicted molar refractivity (Wildman–Crippen MR) is 156 cm³/mol. The normalized spacial score (nSPS) is 14.6. The summed E-state index contributed by atoms with van der Waals surface area (Å²) in [7, 11) is -4.34. The van der Waals surface area contributed by atoms with E-state index >= 15 is 4.39 Å². The van der Waals surface area contributed by atoms with Gasteiger partial charge < -0.3 is 19.3 Å². The third-order valence-electron chi connectivity index (χ3n) is 6.60. The number of anilines is 1. The fourth-order valence-corrected chi connectivity index (χ4v) is 5.59. The molecule has 0 spiro atoms. The summed E-state index contributed by atoms with van der Waals surface area (Å²) in [4.78, 5) is 12.0. The SMILES string of the molecule is CC(C)(O)CCOc1cc2c(F)c(N3CC(=O)NS3(=O)=O)c(OCc3ccccc3)cc2cc1OCc1ccccc1. The van der Waals surface area contributed by atoms with Gasteiger partial charge in [0.2, 0.25) is 0 Å². The number of carbonyl (C=O) groups is 1. The average molecular weight is 595 g/mol. The van der Waals surface area contributed by atoms with E-state index in [4.69, 9.17) is 14.2 Å². The van der Waals surface area contributed by atoms with E-state index in [-0.39, 0.29) is 36.7 Å². The van der Waals surface area contributed by atoms with Crippen LogP contribution in [0.5, 0.6) is 17.2 Å². The van der Waals surface area contributed by atoms with Gasteiger partial charge >= 0.3 is 10.2 Å². The van der Waals surface area contributed by atoms with E-state index in [1.165, 1.54) is 12.1 Å². The van der Waals surface area contributed by atoms with Crippen LogP contribution in [0, 0.1) is 5.82 Å². The summed E-state index contributed by atoms with van der Waals surface area (Å²) >= 11 is 0. The Hall–Kier alpha value is -4.35. The van der Waals surface area contributed by atoms with E-state index in [0.29, 0.717) is 21.9 Å². The van der Waals surface area contributed by atoms with E-state index < -0.39 is 39.8 Å². The molecule has 0 aromatic heterocycles. The molecule has 1 heterocycles. The summed E-state index contributed by atoms with van der Waals surface area (Å²) in [5.41, 5.74) is 0.307. The van der Waals surface area contributed by atoms with E-state index in [1.807, 2.05) is 65.4 Å². The number of rotatable bonds is 11. The second kappa shape index (κ2) is 11.9. The first-order valence-electron chi connectivity index (χ1n) is 13.3. The Morgan fingerprint density at radius 3 is 1.98 bits per heavy atom. The van der Waals surface area contributed by atoms with Crippen molar-refractivity contribution in [1.82, 2.24) is 4.72 Å². The first-order chi connectivity index (χ1) is 20.0. The molecule has 1 saturated heterocycles. The molecule has 0 bridgehead atoms. The molecular weight excluding hydrogens is 563 g/mol. The molecule has 1 fully saturated rings. The van der Waals surface area contributed by atoms with Crippen molar-refractivity contribution in [2.75, 3.05) is 17.5 Å². The third kappa shape index (κ3) is 6.75. The number of fused-ring (bicyclic) bond motifs is 1. The molecule has 220 valence electrons. The summed E-state index contributed by atoms with van der Waals surface area (Å²) in [5, 5.41) is 10.6. The van der Waals surface area contributed by atoms with Crippen LogP contribution in [0.15, 0.2) is 78.9 Å². The Morgan fingerprint density at radius 1 is 0.881 bits per heavy atom. The summed E-state index contributed by atoms with van der Waals surface area (Å²) in [5.74, 6) is -1.21. The molecule has 0 radical (unpaired) electrons. The zero-order valence-corrected chi connectivity index (χ0v) is 24.0. The Kier molecular flexibility index (Phi) is 8.24. The van der Waals surface area contributed by atoms with Crippen molar-refractivity contribution in [3.05, 3.63) is 95.8 Å². The molecule has 9 nitrogen and oxygen atoms in total. The van der Waals surface area contributed by atoms with Crippen LogP contribution in [-0.2, 0) is 28.2 Å². The Balaban J connectivity index is 1.60. The van der Waals surface area contributed by atoms with Crippen molar-refractivity contribution >= 4 is 32.6 Å². The summed E-state index contributed by atoms with van der Waals surface area (Å²) in [6, 6.07) is 23.2. The lowest BCUT2D eigenvalue weighted by Gasteiger charge is -2.22. The molecular formula is C31H31FN2O7S. The zero-order chi connectivity index (χ0) is 29.9. The number of benzene rings is 4. The van der Waals surface area contributed by atoms with Gasteiger partial charge in [0.05, 0.1) is 12.2 Å². The first-order valence-corrected chi connectivity index (χ1v) is 14.8. The van der Waals surface area contributed by atoms with E-state index in [0.717, 1.165) is 11.1 Å². The second-order valence-electron chi connectivity index (χ2n) is 10.6. The van der Waals surface area contributed by atoms with Crippen LogP contribution in [0.2, 0.25) is 0 Å². The first kappa shape index (κ1) is 29.2. The minimum atomic E-state index is -4.34. The highest BCUT2D eigenvalue weighted by molar-refractivity contribution is 7.92. The molecule has 1 amide bonds. The highest BCUT2D eigenvalue weighted by atomic mass is 32.2. The Morgan fingerprint density at radius 2 is 1.43 bits per heavy atom. The maximum Gasteiger partial charge on any atom is 0.326 e. The molecule has 4 aromatic carbocycles. The largest absolute Gasteiger partial charge is 0.490 e. The molecule has 42 heavy (non-hydrogen) atoms. The van der Waals surface area contributed by atoms with Crippen molar-refractivity contribution in [2.45, 2.75) is 39.1 Å². The average Bonchev–Trinajstić information content (AvgIpc) is 3.22. The predicted octanol–water partition coefficient (Wildman–Crippen LogP) is 4.86. The fraction of sp³-hybridized carbons (Fsp3) is 0.258. The number of halogens is 1. The molecule has 1 aliphatic heterocycles. The number of nitrogens with zero attached hydrogens (tertiary/aromatic N) is 1. The van der Waals surface area contributed by atoms with Gasteiger partial charge in [0.15, 0.2) is 17.3 Å². The monoisotopic (exact) mass is 594 g/mol. The number of amides is 1. The van der Waals surface area contributed by atoms with E-state index in [1.54, 1.807) is 19.9 Å². The van der Waals surface area contributed by atoms with Crippen LogP contribution in [0.4, 0.5) is 10.1 Å². The van der Waals surface area contributed by atoms with Crippen LogP contribution >= 0.6 is 0 Å². The molecule has 0 aliphatic carbocycles. The Labute approximate surface area is 243 Å². The van der Waals surface area contributed by atoms with Gasteiger partial charge in [-0.2, -0.15) is 8.42 Å². The van der Waals surface area contributed by atoms with Crippen molar-refractivity contribution in [3.8, 4) is 17.2 Å². The summed E-state index contributed by atoms with van der Waals surface area (Å²) in [6.07, 6.45) is 0.295. The van der Waals surface area contributed by atoms with Crippen LogP contribution in [0.25, 0.3) is 10.8 Å². The number of nitrogens with one attached hydrogen (secondary N) is 1. The molecule has 2 N–H and O–H groups in total. The van der Waals surface area contributed by atoms with Crippen LogP contribution in [-0.4, -0.2) is 38.2 Å². The van der Waals surface area contributed by atoms with Crippen LogP contribution < -0.4 is 23.2 Å². The van der Waals surface area contributed by atoms with Gasteiger partial charge in [-0.3, -0.25) is 4.79 Å². The van der Waals surface area contributed by atoms with Gasteiger partial charge in [-0.15, -0.1) is 0 Å². The van der Waals surface area contributed by atoms with Gasteiger partial charge in [0.1, 0.15) is 31.2 Å². The smallest absolute Gasteiger partial charge is 0.326 e. The quantitative estimate of drug-likeness (QED) is 0.255. The lowest BCUT2D eigenvalue weighted by Crippen LogP contribution is -2.30. The zero-order valence-electron chi connectivity index (χ0n) is 23.2. The maximum atomic E-state index is 16.4. The number of ether oxygens (including phenoxy) is 3. The molecule has 0 atom stereocenters. The standard InChI is InChI=1S/C31H31FN2O7S/c1-31(2,36)13-14-39-26-17-24-23(15-25(26)40-19-21-9-5-3-6-10-21)16-27(41-20-22-11-7-4-8-12-22)30(29(24)32)34-18-28(35)33-42(34,37)38/h3-12,15-17,36H,13-14,18-20H2,1-2H3,(H,33,35). The topological polar surface area (TPSA) is 114 Å². The lowest BCUT2D eigenvalue weighted by atomic mass is 10.1. The molecule has 11 heteroatoms. The minimum Gasteiger partial charge on any atom is -0.490 e. The third-order valence-corrected chi connectivity index (χ3v) is 7.97. The van der Waals surface area contributed by atoms with Crippen LogP contribution in [0.1, 0.15) is 31.4 Å². The van der Waals surface area contributed by atoms with Crippen molar-refractivity contribution in [2.24, 2.45) is 0 Å². The fourth-order valence-electron chi connectivity index (χ4n) is 4.43. The van der Waals surface area contributed by atoms with Crippen molar-refractivity contribution < 1.29 is 36.9 Å². The van der Waals surface area contributed by atoms with Crippen molar-refractivity contribution in [3.63, 3.8) is 0 Å². The lowest BCUT2D eigenvalue weighted by molar-refractivity contribution is -0.117. The van der Waals surface area contributed by atoms with Crippen LogP contribution in [0.3, 0.4) is 0 Å². The molecule has 4 aromatic rings. The number of aliphatic hydroxyl groups is 1.